The molecule has 0 aliphatic rings. The van der Waals surface area contributed by atoms with Crippen molar-refractivity contribution in [2.75, 3.05) is 7.11 Å². The second-order valence-corrected chi connectivity index (χ2v) is 4.39. The summed E-state index contributed by atoms with van der Waals surface area (Å²) in [4.78, 5) is 4.25. The zero-order chi connectivity index (χ0) is 14.8. The van der Waals surface area contributed by atoms with Crippen LogP contribution in [-0.2, 0) is 0 Å². The molecule has 0 saturated carbocycles. The number of ether oxygens (including phenoxy) is 1. The summed E-state index contributed by atoms with van der Waals surface area (Å²) in [5.41, 5.74) is 1.08. The van der Waals surface area contributed by atoms with Crippen molar-refractivity contribution in [3.8, 4) is 28.5 Å². The Morgan fingerprint density at radius 1 is 0.952 bits per heavy atom. The van der Waals surface area contributed by atoms with Crippen LogP contribution in [0.15, 0.2) is 42.5 Å². The van der Waals surface area contributed by atoms with Crippen molar-refractivity contribution in [3.63, 3.8) is 0 Å². The Morgan fingerprint density at radius 2 is 1.62 bits per heavy atom. The highest BCUT2D eigenvalue weighted by Gasteiger charge is 2.10. The first kappa shape index (κ1) is 13.2. The Morgan fingerprint density at radius 3 is 2.24 bits per heavy atom. The van der Waals surface area contributed by atoms with Crippen molar-refractivity contribution < 1.29 is 13.5 Å². The van der Waals surface area contributed by atoms with Gasteiger partial charge in [0.25, 0.3) is 0 Å². The molecule has 0 spiro atoms. The summed E-state index contributed by atoms with van der Waals surface area (Å²) in [6.07, 6.45) is 0. The summed E-state index contributed by atoms with van der Waals surface area (Å²) in [6.45, 7) is 0. The predicted octanol–water partition coefficient (Wildman–Crippen LogP) is 3.43. The number of aromatic amines is 1. The third-order valence-electron chi connectivity index (χ3n) is 2.97. The Hall–Kier alpha value is -2.76. The lowest BCUT2D eigenvalue weighted by molar-refractivity contribution is 0.415. The molecule has 0 amide bonds. The minimum Gasteiger partial charge on any atom is -0.497 e. The van der Waals surface area contributed by atoms with Crippen molar-refractivity contribution in [2.24, 2.45) is 0 Å². The quantitative estimate of drug-likeness (QED) is 0.803. The Kier molecular flexibility index (Phi) is 3.35. The smallest absolute Gasteiger partial charge is 0.181 e. The highest BCUT2D eigenvalue weighted by molar-refractivity contribution is 5.61. The van der Waals surface area contributed by atoms with Crippen LogP contribution < -0.4 is 4.74 Å². The maximum atomic E-state index is 13.2. The average molecular weight is 287 g/mol. The Bertz CT molecular complexity index is 749. The minimum atomic E-state index is -0.660. The molecule has 6 heteroatoms. The topological polar surface area (TPSA) is 50.8 Å². The predicted molar refractivity (Wildman–Crippen MR) is 73.7 cm³/mol. The number of H-pyrrole nitrogens is 1. The number of benzene rings is 2. The molecule has 1 N–H and O–H groups in total. The molecule has 0 bridgehead atoms. The Balaban J connectivity index is 1.95. The number of nitrogens with zero attached hydrogens (tertiary/aromatic N) is 2. The van der Waals surface area contributed by atoms with Gasteiger partial charge in [0, 0.05) is 17.2 Å². The summed E-state index contributed by atoms with van der Waals surface area (Å²) >= 11 is 0. The van der Waals surface area contributed by atoms with E-state index >= 15 is 0 Å². The zero-order valence-electron chi connectivity index (χ0n) is 11.1. The highest BCUT2D eigenvalue weighted by Crippen LogP contribution is 2.23. The molecule has 0 saturated heterocycles. The fourth-order valence-corrected chi connectivity index (χ4v) is 1.95. The number of methoxy groups -OCH3 is 1. The van der Waals surface area contributed by atoms with Crippen molar-refractivity contribution in [3.05, 3.63) is 54.1 Å². The van der Waals surface area contributed by atoms with Gasteiger partial charge in [0.1, 0.15) is 17.4 Å². The molecule has 0 radical (unpaired) electrons. The van der Waals surface area contributed by atoms with Crippen molar-refractivity contribution in [1.82, 2.24) is 15.2 Å². The summed E-state index contributed by atoms with van der Waals surface area (Å²) in [5, 5.41) is 6.73. The fourth-order valence-electron chi connectivity index (χ4n) is 1.95. The molecule has 106 valence electrons. The van der Waals surface area contributed by atoms with E-state index in [1.807, 2.05) is 0 Å². The van der Waals surface area contributed by atoms with Crippen molar-refractivity contribution in [1.29, 1.82) is 0 Å². The first-order valence-electron chi connectivity index (χ1n) is 6.19. The van der Waals surface area contributed by atoms with Gasteiger partial charge >= 0.3 is 0 Å². The molecule has 2 aromatic carbocycles. The number of nitrogens with one attached hydrogen (secondary N) is 1. The molecule has 0 unspecified atom stereocenters. The summed E-state index contributed by atoms with van der Waals surface area (Å²) in [7, 11) is 1.58. The normalized spacial score (nSPS) is 10.6. The van der Waals surface area contributed by atoms with E-state index in [1.165, 1.54) is 12.1 Å². The maximum Gasteiger partial charge on any atom is 0.181 e. The molecule has 3 rings (SSSR count). The van der Waals surface area contributed by atoms with Gasteiger partial charge in [-0.05, 0) is 36.4 Å². The van der Waals surface area contributed by atoms with Crippen LogP contribution in [0.2, 0.25) is 0 Å². The standard InChI is InChI=1S/C15H11F2N3O/c1-21-13-4-2-9(3-5-13)14-18-15(20-19-14)10-6-11(16)8-12(17)7-10/h2-8H,1H3,(H,18,19,20). The van der Waals surface area contributed by atoms with Crippen molar-refractivity contribution >= 4 is 0 Å². The van der Waals surface area contributed by atoms with Crippen LogP contribution in [0.4, 0.5) is 8.78 Å². The zero-order valence-corrected chi connectivity index (χ0v) is 11.1. The molecular weight excluding hydrogens is 276 g/mol. The van der Waals surface area contributed by atoms with Crippen LogP contribution in [0, 0.1) is 11.6 Å². The second-order valence-electron chi connectivity index (χ2n) is 4.39. The minimum absolute atomic E-state index is 0.305. The van der Waals surface area contributed by atoms with Gasteiger partial charge in [-0.3, -0.25) is 5.10 Å². The lowest BCUT2D eigenvalue weighted by Crippen LogP contribution is -1.86. The third kappa shape index (κ3) is 2.74. The molecule has 21 heavy (non-hydrogen) atoms. The number of aromatic nitrogens is 3. The molecular formula is C15H11F2N3O. The van der Waals surface area contributed by atoms with Crippen LogP contribution in [0.25, 0.3) is 22.8 Å². The largest absolute Gasteiger partial charge is 0.497 e. The monoisotopic (exact) mass is 287 g/mol. The van der Waals surface area contributed by atoms with E-state index in [2.05, 4.69) is 15.2 Å². The van der Waals surface area contributed by atoms with E-state index in [-0.39, 0.29) is 0 Å². The van der Waals surface area contributed by atoms with Gasteiger partial charge in [0.2, 0.25) is 0 Å². The van der Waals surface area contributed by atoms with Gasteiger partial charge in [-0.2, -0.15) is 5.10 Å². The average Bonchev–Trinajstić information content (AvgIpc) is 2.96. The fraction of sp³-hybridized carbons (Fsp3) is 0.0667. The summed E-state index contributed by atoms with van der Waals surface area (Å²) in [6, 6.07) is 10.4. The molecule has 4 nitrogen and oxygen atoms in total. The number of hydrogen-bond donors (Lipinski definition) is 1. The lowest BCUT2D eigenvalue weighted by atomic mass is 10.2. The van der Waals surface area contributed by atoms with E-state index in [4.69, 9.17) is 4.74 Å². The van der Waals surface area contributed by atoms with Crippen LogP contribution in [0.5, 0.6) is 5.75 Å². The van der Waals surface area contributed by atoms with Crippen LogP contribution in [0.3, 0.4) is 0 Å². The van der Waals surface area contributed by atoms with E-state index in [9.17, 15) is 8.78 Å². The molecule has 0 atom stereocenters. The number of rotatable bonds is 3. The highest BCUT2D eigenvalue weighted by atomic mass is 19.1. The van der Waals surface area contributed by atoms with Crippen LogP contribution >= 0.6 is 0 Å². The van der Waals surface area contributed by atoms with Gasteiger partial charge < -0.3 is 4.74 Å². The van der Waals surface area contributed by atoms with E-state index in [1.54, 1.807) is 31.4 Å². The lowest BCUT2D eigenvalue weighted by Gasteiger charge is -1.99. The number of halogens is 2. The van der Waals surface area contributed by atoms with Crippen molar-refractivity contribution in [2.45, 2.75) is 0 Å². The van der Waals surface area contributed by atoms with Crippen LogP contribution in [0.1, 0.15) is 0 Å². The molecule has 1 aromatic heterocycles. The molecule has 0 fully saturated rings. The van der Waals surface area contributed by atoms with Gasteiger partial charge in [-0.25, -0.2) is 13.8 Å². The van der Waals surface area contributed by atoms with E-state index in [0.717, 1.165) is 17.4 Å². The number of hydrogen-bond acceptors (Lipinski definition) is 3. The molecule has 0 aliphatic carbocycles. The summed E-state index contributed by atoms with van der Waals surface area (Å²) < 4.78 is 31.5. The van der Waals surface area contributed by atoms with Gasteiger partial charge in [0.15, 0.2) is 11.6 Å². The van der Waals surface area contributed by atoms with Gasteiger partial charge in [0.05, 0.1) is 7.11 Å². The maximum absolute atomic E-state index is 13.2. The SMILES string of the molecule is COc1ccc(-c2n[nH]c(-c3cc(F)cc(F)c3)n2)cc1. The molecule has 0 aliphatic heterocycles. The second kappa shape index (κ2) is 5.32. The molecule has 3 aromatic rings. The first-order chi connectivity index (χ1) is 10.2. The van der Waals surface area contributed by atoms with Crippen LogP contribution in [-0.4, -0.2) is 22.3 Å². The summed E-state index contributed by atoms with van der Waals surface area (Å²) in [5.74, 6) is 0.151. The Labute approximate surface area is 119 Å². The van der Waals surface area contributed by atoms with Gasteiger partial charge in [-0.15, -0.1) is 0 Å². The molecule has 1 heterocycles. The van der Waals surface area contributed by atoms with E-state index in [0.29, 0.717) is 17.2 Å². The van der Waals surface area contributed by atoms with E-state index < -0.39 is 11.6 Å². The first-order valence-corrected chi connectivity index (χ1v) is 6.19. The van der Waals surface area contributed by atoms with Gasteiger partial charge in [-0.1, -0.05) is 0 Å². The third-order valence-corrected chi connectivity index (χ3v) is 2.97.